The molecule has 2 aliphatic rings. The molecule has 160 valence electrons. The third-order valence-corrected chi connectivity index (χ3v) is 5.63. The summed E-state index contributed by atoms with van der Waals surface area (Å²) in [6, 6.07) is 9.36. The summed E-state index contributed by atoms with van der Waals surface area (Å²) in [5.41, 5.74) is 1.44. The largest absolute Gasteiger partial charge is 0.497 e. The Morgan fingerprint density at radius 2 is 2.07 bits per heavy atom. The van der Waals surface area contributed by atoms with Gasteiger partial charge in [0.15, 0.2) is 0 Å². The first-order chi connectivity index (χ1) is 14.5. The molecule has 1 aliphatic heterocycles. The van der Waals surface area contributed by atoms with Crippen LogP contribution in [-0.2, 0) is 23.1 Å². The van der Waals surface area contributed by atoms with Gasteiger partial charge in [0.1, 0.15) is 18.0 Å². The molecular formula is C22H28N4O4. The van der Waals surface area contributed by atoms with Crippen LogP contribution >= 0.6 is 0 Å². The maximum absolute atomic E-state index is 13.1. The van der Waals surface area contributed by atoms with E-state index in [1.165, 1.54) is 17.5 Å². The average molecular weight is 412 g/mol. The molecule has 1 saturated carbocycles. The van der Waals surface area contributed by atoms with Crippen LogP contribution in [0.1, 0.15) is 28.9 Å². The van der Waals surface area contributed by atoms with Crippen LogP contribution < -0.4 is 4.74 Å². The number of benzene rings is 1. The van der Waals surface area contributed by atoms with E-state index in [0.717, 1.165) is 11.3 Å². The Bertz CT molecular complexity index is 908. The molecule has 1 saturated heterocycles. The van der Waals surface area contributed by atoms with E-state index in [1.807, 2.05) is 24.3 Å². The number of carbonyl (C=O) groups is 2. The van der Waals surface area contributed by atoms with Gasteiger partial charge in [0.05, 0.1) is 13.2 Å². The zero-order chi connectivity index (χ0) is 21.1. The Hall–Kier alpha value is -2.87. The molecule has 8 heteroatoms. The summed E-state index contributed by atoms with van der Waals surface area (Å²) < 4.78 is 13.0. The van der Waals surface area contributed by atoms with Gasteiger partial charge in [-0.05, 0) is 42.5 Å². The summed E-state index contributed by atoms with van der Waals surface area (Å²) in [5.74, 6) is 1.07. The van der Waals surface area contributed by atoms with Crippen molar-refractivity contribution in [3.05, 3.63) is 47.8 Å². The van der Waals surface area contributed by atoms with Gasteiger partial charge in [0.25, 0.3) is 5.91 Å². The fourth-order valence-electron chi connectivity index (χ4n) is 3.69. The molecule has 2 aromatic rings. The smallest absolute Gasteiger partial charge is 0.272 e. The number of methoxy groups -OCH3 is 1. The van der Waals surface area contributed by atoms with E-state index >= 15 is 0 Å². The molecule has 1 aromatic carbocycles. The molecular weight excluding hydrogens is 384 g/mol. The molecule has 8 nitrogen and oxygen atoms in total. The number of aromatic nitrogens is 2. The van der Waals surface area contributed by atoms with Crippen molar-refractivity contribution in [3.63, 3.8) is 0 Å². The van der Waals surface area contributed by atoms with E-state index in [1.54, 1.807) is 36.2 Å². The molecule has 2 amide bonds. The maximum atomic E-state index is 13.1. The Balaban J connectivity index is 1.52. The van der Waals surface area contributed by atoms with Gasteiger partial charge in [-0.1, -0.05) is 12.1 Å². The second-order valence-corrected chi connectivity index (χ2v) is 8.05. The molecule has 2 heterocycles. The lowest BCUT2D eigenvalue weighted by Crippen LogP contribution is -2.40. The molecule has 1 aromatic heterocycles. The molecule has 0 spiro atoms. The van der Waals surface area contributed by atoms with Gasteiger partial charge in [-0.15, -0.1) is 0 Å². The highest BCUT2D eigenvalue weighted by atomic mass is 16.5. The number of amides is 2. The summed E-state index contributed by atoms with van der Waals surface area (Å²) in [4.78, 5) is 29.5. The highest BCUT2D eigenvalue weighted by Gasteiger charge is 2.33. The summed E-state index contributed by atoms with van der Waals surface area (Å²) in [6.45, 7) is 2.00. The molecule has 2 fully saturated rings. The SMILES string of the molecule is COc1cccc(CN2CC(OCC3CC3)CN(C(=O)c3ccnn3C)CC2=O)c1. The normalized spacial score (nSPS) is 19.7. The molecule has 0 N–H and O–H groups in total. The van der Waals surface area contributed by atoms with Crippen molar-refractivity contribution in [2.75, 3.05) is 33.4 Å². The predicted molar refractivity (Wildman–Crippen MR) is 110 cm³/mol. The Labute approximate surface area is 176 Å². The lowest BCUT2D eigenvalue weighted by molar-refractivity contribution is -0.132. The number of ether oxygens (including phenoxy) is 2. The van der Waals surface area contributed by atoms with E-state index in [2.05, 4.69) is 5.10 Å². The summed E-state index contributed by atoms with van der Waals surface area (Å²) in [5, 5.41) is 4.08. The van der Waals surface area contributed by atoms with Crippen LogP contribution in [0.4, 0.5) is 0 Å². The number of hydrogen-bond donors (Lipinski definition) is 0. The quantitative estimate of drug-likeness (QED) is 0.692. The van der Waals surface area contributed by atoms with Crippen molar-refractivity contribution in [2.45, 2.75) is 25.5 Å². The zero-order valence-corrected chi connectivity index (χ0v) is 17.5. The van der Waals surface area contributed by atoms with E-state index < -0.39 is 0 Å². The fourth-order valence-corrected chi connectivity index (χ4v) is 3.69. The minimum atomic E-state index is -0.222. The minimum absolute atomic E-state index is 0.0251. The van der Waals surface area contributed by atoms with Crippen molar-refractivity contribution in [1.29, 1.82) is 0 Å². The number of hydrogen-bond acceptors (Lipinski definition) is 5. The van der Waals surface area contributed by atoms with E-state index in [0.29, 0.717) is 37.9 Å². The van der Waals surface area contributed by atoms with Gasteiger partial charge in [-0.2, -0.15) is 5.10 Å². The predicted octanol–water partition coefficient (Wildman–Crippen LogP) is 1.71. The van der Waals surface area contributed by atoms with Gasteiger partial charge in [-0.25, -0.2) is 0 Å². The van der Waals surface area contributed by atoms with Gasteiger partial charge < -0.3 is 19.3 Å². The lowest BCUT2D eigenvalue weighted by atomic mass is 10.2. The van der Waals surface area contributed by atoms with Crippen molar-refractivity contribution in [2.24, 2.45) is 13.0 Å². The van der Waals surface area contributed by atoms with Crippen LogP contribution in [0.5, 0.6) is 5.75 Å². The van der Waals surface area contributed by atoms with E-state index in [9.17, 15) is 9.59 Å². The highest BCUT2D eigenvalue weighted by molar-refractivity contribution is 5.95. The van der Waals surface area contributed by atoms with Crippen LogP contribution in [0.3, 0.4) is 0 Å². The summed E-state index contributed by atoms with van der Waals surface area (Å²) in [7, 11) is 3.35. The Morgan fingerprint density at radius 1 is 1.23 bits per heavy atom. The minimum Gasteiger partial charge on any atom is -0.497 e. The monoisotopic (exact) mass is 412 g/mol. The number of nitrogens with zero attached hydrogens (tertiary/aromatic N) is 4. The summed E-state index contributed by atoms with van der Waals surface area (Å²) in [6.07, 6.45) is 3.75. The molecule has 0 radical (unpaired) electrons. The second-order valence-electron chi connectivity index (χ2n) is 8.05. The standard InChI is InChI=1S/C22H28N4O4/c1-24-20(8-9-23-24)22(28)26-13-19(30-15-16-6-7-16)12-25(21(27)14-26)11-17-4-3-5-18(10-17)29-2/h3-5,8-10,16,19H,6-7,11-15H2,1-2H3. The lowest BCUT2D eigenvalue weighted by Gasteiger charge is -2.25. The van der Waals surface area contributed by atoms with Crippen LogP contribution in [0.25, 0.3) is 0 Å². The number of rotatable bonds is 7. The number of carbonyl (C=O) groups excluding carboxylic acids is 2. The molecule has 0 bridgehead atoms. The van der Waals surface area contributed by atoms with E-state index in [4.69, 9.17) is 9.47 Å². The van der Waals surface area contributed by atoms with Crippen LogP contribution in [0.15, 0.2) is 36.5 Å². The molecule has 1 unspecified atom stereocenters. The Morgan fingerprint density at radius 3 is 2.77 bits per heavy atom. The van der Waals surface area contributed by atoms with Crippen molar-refractivity contribution in [3.8, 4) is 5.75 Å². The molecule has 1 atom stereocenters. The third kappa shape index (κ3) is 4.81. The van der Waals surface area contributed by atoms with Crippen LogP contribution in [-0.4, -0.2) is 70.8 Å². The van der Waals surface area contributed by atoms with Crippen molar-refractivity contribution < 1.29 is 19.1 Å². The van der Waals surface area contributed by atoms with Crippen molar-refractivity contribution >= 4 is 11.8 Å². The molecule has 4 rings (SSSR count). The van der Waals surface area contributed by atoms with Crippen molar-refractivity contribution in [1.82, 2.24) is 19.6 Å². The Kier molecular flexibility index (Phi) is 6.03. The number of aryl methyl sites for hydroxylation is 1. The first kappa shape index (κ1) is 20.4. The average Bonchev–Trinajstić information content (AvgIpc) is 3.50. The highest BCUT2D eigenvalue weighted by Crippen LogP contribution is 2.29. The molecule has 1 aliphatic carbocycles. The van der Waals surface area contributed by atoms with Gasteiger partial charge >= 0.3 is 0 Å². The fraction of sp³-hybridized carbons (Fsp3) is 0.500. The summed E-state index contributed by atoms with van der Waals surface area (Å²) >= 11 is 0. The zero-order valence-electron chi connectivity index (χ0n) is 17.5. The maximum Gasteiger partial charge on any atom is 0.272 e. The molecule has 30 heavy (non-hydrogen) atoms. The van der Waals surface area contributed by atoms with Crippen LogP contribution in [0.2, 0.25) is 0 Å². The third-order valence-electron chi connectivity index (χ3n) is 5.63. The van der Waals surface area contributed by atoms with E-state index in [-0.39, 0.29) is 24.5 Å². The topological polar surface area (TPSA) is 76.9 Å². The van der Waals surface area contributed by atoms with Crippen LogP contribution in [0, 0.1) is 5.92 Å². The second kappa shape index (κ2) is 8.87. The van der Waals surface area contributed by atoms with Gasteiger partial charge in [0, 0.05) is 39.5 Å². The van der Waals surface area contributed by atoms with Gasteiger partial charge in [-0.3, -0.25) is 14.3 Å². The first-order valence-electron chi connectivity index (χ1n) is 10.3. The van der Waals surface area contributed by atoms with Gasteiger partial charge in [0.2, 0.25) is 5.91 Å². The first-order valence-corrected chi connectivity index (χ1v) is 10.3.